The van der Waals surface area contributed by atoms with E-state index in [1.165, 1.54) is 6.07 Å². The predicted molar refractivity (Wildman–Crippen MR) is 116 cm³/mol. The molecule has 0 saturated carbocycles. The third kappa shape index (κ3) is 3.66. The molecule has 4 nitrogen and oxygen atoms in total. The first-order valence-corrected chi connectivity index (χ1v) is 10.0. The fourth-order valence-corrected chi connectivity index (χ4v) is 3.63. The van der Waals surface area contributed by atoms with E-state index in [-0.39, 0.29) is 18.3 Å². The van der Waals surface area contributed by atoms with Gasteiger partial charge in [-0.3, -0.25) is 14.8 Å². The molecule has 0 aliphatic carbocycles. The van der Waals surface area contributed by atoms with Gasteiger partial charge in [-0.05, 0) is 46.8 Å². The highest BCUT2D eigenvalue weighted by Gasteiger charge is 2.28. The van der Waals surface area contributed by atoms with Gasteiger partial charge < -0.3 is 4.90 Å². The second-order valence-corrected chi connectivity index (χ2v) is 6.90. The average molecular weight is 399 g/mol. The molecule has 1 aliphatic rings. The number of benzene rings is 2. The van der Waals surface area contributed by atoms with Crippen LogP contribution in [0.15, 0.2) is 73.2 Å². The van der Waals surface area contributed by atoms with Crippen molar-refractivity contribution in [1.29, 1.82) is 0 Å². The van der Waals surface area contributed by atoms with Crippen molar-refractivity contribution < 1.29 is 9.18 Å². The molecular formula is C25H22FN3O. The summed E-state index contributed by atoms with van der Waals surface area (Å²) in [5.74, 6) is -0.422. The van der Waals surface area contributed by atoms with Crippen LogP contribution in [-0.2, 0) is 13.1 Å². The summed E-state index contributed by atoms with van der Waals surface area (Å²) >= 11 is 0. The van der Waals surface area contributed by atoms with Crippen LogP contribution in [0.3, 0.4) is 0 Å². The molecule has 3 heterocycles. The number of fused-ring (bicyclic) bond motifs is 2. The zero-order chi connectivity index (χ0) is 21.1. The Morgan fingerprint density at radius 2 is 1.77 bits per heavy atom. The molecule has 150 valence electrons. The van der Waals surface area contributed by atoms with Gasteiger partial charge in [-0.1, -0.05) is 38.1 Å². The minimum Gasteiger partial charge on any atom is -0.328 e. The van der Waals surface area contributed by atoms with E-state index < -0.39 is 0 Å². The van der Waals surface area contributed by atoms with E-state index >= 15 is 0 Å². The number of carbonyl (C=O) groups is 1. The molecule has 30 heavy (non-hydrogen) atoms. The second kappa shape index (κ2) is 8.41. The maximum Gasteiger partial charge on any atom is 0.256 e. The van der Waals surface area contributed by atoms with Crippen molar-refractivity contribution in [3.8, 4) is 11.1 Å². The van der Waals surface area contributed by atoms with Crippen LogP contribution in [-0.4, -0.2) is 20.8 Å². The van der Waals surface area contributed by atoms with Crippen LogP contribution < -0.4 is 0 Å². The molecular weight excluding hydrogens is 377 g/mol. The van der Waals surface area contributed by atoms with E-state index in [9.17, 15) is 9.18 Å². The van der Waals surface area contributed by atoms with Crippen molar-refractivity contribution in [2.75, 3.05) is 0 Å². The van der Waals surface area contributed by atoms with Gasteiger partial charge in [0.25, 0.3) is 5.91 Å². The first kappa shape index (κ1) is 19.7. The van der Waals surface area contributed by atoms with Gasteiger partial charge in [0.15, 0.2) is 0 Å². The first-order valence-electron chi connectivity index (χ1n) is 10.0. The van der Waals surface area contributed by atoms with Gasteiger partial charge in [0, 0.05) is 36.1 Å². The summed E-state index contributed by atoms with van der Waals surface area (Å²) in [5.41, 5.74) is 3.57. The highest BCUT2D eigenvalue weighted by Crippen LogP contribution is 2.28. The molecule has 2 aromatic heterocycles. The predicted octanol–water partition coefficient (Wildman–Crippen LogP) is 5.62. The van der Waals surface area contributed by atoms with E-state index in [2.05, 4.69) is 9.97 Å². The molecule has 0 atom stereocenters. The lowest BCUT2D eigenvalue weighted by atomic mass is 10.0. The summed E-state index contributed by atoms with van der Waals surface area (Å²) < 4.78 is 14.8. The molecule has 4 aromatic rings. The molecule has 2 aromatic carbocycles. The van der Waals surface area contributed by atoms with Crippen molar-refractivity contribution in [2.45, 2.75) is 26.9 Å². The molecule has 0 N–H and O–H groups in total. The van der Waals surface area contributed by atoms with Gasteiger partial charge in [-0.15, -0.1) is 0 Å². The Bertz CT molecular complexity index is 1220. The van der Waals surface area contributed by atoms with Crippen LogP contribution in [0.1, 0.15) is 35.5 Å². The zero-order valence-corrected chi connectivity index (χ0v) is 17.0. The summed E-state index contributed by atoms with van der Waals surface area (Å²) in [5, 5.41) is 2.11. The highest BCUT2D eigenvalue weighted by atomic mass is 19.1. The topological polar surface area (TPSA) is 46.1 Å². The lowest BCUT2D eigenvalue weighted by molar-refractivity contribution is 0.0765. The fraction of sp³-hybridized carbons (Fsp3) is 0.160. The summed E-state index contributed by atoms with van der Waals surface area (Å²) in [6.07, 6.45) is 5.22. The molecule has 5 heteroatoms. The van der Waals surface area contributed by atoms with E-state index in [4.69, 9.17) is 0 Å². The summed E-state index contributed by atoms with van der Waals surface area (Å²) in [7, 11) is 0. The van der Waals surface area contributed by atoms with Crippen LogP contribution in [0.5, 0.6) is 0 Å². The minimum absolute atomic E-state index is 0.103. The monoisotopic (exact) mass is 399 g/mol. The molecule has 0 saturated heterocycles. The third-order valence-corrected chi connectivity index (χ3v) is 5.14. The molecule has 5 rings (SSSR count). The maximum absolute atomic E-state index is 14.8. The number of carbonyl (C=O) groups excluding carboxylic acids is 1. The smallest absolute Gasteiger partial charge is 0.256 e. The molecule has 0 unspecified atom stereocenters. The number of amides is 1. The number of rotatable bonds is 3. The molecule has 1 amide bonds. The van der Waals surface area contributed by atoms with Crippen LogP contribution in [0, 0.1) is 5.82 Å². The fourth-order valence-electron chi connectivity index (χ4n) is 3.63. The Kier molecular flexibility index (Phi) is 5.53. The normalized spacial score (nSPS) is 12.5. The van der Waals surface area contributed by atoms with Crippen LogP contribution in [0.25, 0.3) is 21.9 Å². The summed E-state index contributed by atoms with van der Waals surface area (Å²) in [4.78, 5) is 22.5. The van der Waals surface area contributed by atoms with E-state index in [1.54, 1.807) is 41.7 Å². The van der Waals surface area contributed by atoms with Crippen molar-refractivity contribution in [2.24, 2.45) is 0 Å². The molecule has 0 fully saturated rings. The number of aromatic nitrogens is 2. The Balaban J connectivity index is 0.00000106. The average Bonchev–Trinajstić information content (AvgIpc) is 3.11. The first-order chi connectivity index (χ1) is 14.7. The number of pyridine rings is 2. The van der Waals surface area contributed by atoms with Gasteiger partial charge in [0.2, 0.25) is 0 Å². The van der Waals surface area contributed by atoms with Gasteiger partial charge in [0.1, 0.15) is 5.82 Å². The maximum atomic E-state index is 14.8. The van der Waals surface area contributed by atoms with E-state index in [0.717, 1.165) is 27.6 Å². The lowest BCUT2D eigenvalue weighted by Gasteiger charge is -2.16. The number of hydrogen-bond acceptors (Lipinski definition) is 3. The molecule has 1 aliphatic heterocycles. The van der Waals surface area contributed by atoms with Crippen molar-refractivity contribution in [1.82, 2.24) is 14.9 Å². The van der Waals surface area contributed by atoms with Gasteiger partial charge in [-0.2, -0.15) is 0 Å². The van der Waals surface area contributed by atoms with Crippen molar-refractivity contribution in [3.05, 3.63) is 95.8 Å². The largest absolute Gasteiger partial charge is 0.328 e. The number of halogens is 1. The highest BCUT2D eigenvalue weighted by molar-refractivity contribution is 5.97. The second-order valence-electron chi connectivity index (χ2n) is 6.90. The van der Waals surface area contributed by atoms with E-state index in [0.29, 0.717) is 17.7 Å². The third-order valence-electron chi connectivity index (χ3n) is 5.14. The van der Waals surface area contributed by atoms with Crippen LogP contribution in [0.2, 0.25) is 0 Å². The zero-order valence-electron chi connectivity index (χ0n) is 17.0. The number of hydrogen-bond donors (Lipinski definition) is 0. The minimum atomic E-state index is -0.319. The molecule has 0 spiro atoms. The molecule has 0 bridgehead atoms. The Morgan fingerprint density at radius 1 is 0.967 bits per heavy atom. The Labute approximate surface area is 175 Å². The number of nitrogens with zero attached hydrogens (tertiary/aromatic N) is 3. The standard InChI is InChI=1S/C23H16FN3O.C2H6/c24-21-11-17(16-4-3-15-7-9-25-12-19(15)10-16)5-6-18(21)13-27-14-22-20(23(27)28)2-1-8-26-22;1-2/h1-12H,13-14H2;1-2H3. The van der Waals surface area contributed by atoms with Crippen LogP contribution in [0.4, 0.5) is 4.39 Å². The summed E-state index contributed by atoms with van der Waals surface area (Å²) in [6.45, 7) is 4.64. The Morgan fingerprint density at radius 3 is 2.57 bits per heavy atom. The SMILES string of the molecule is CC.O=C1c2cccnc2CN1Cc1ccc(-c2ccc3ccncc3c2)cc1F. The lowest BCUT2D eigenvalue weighted by Crippen LogP contribution is -2.23. The van der Waals surface area contributed by atoms with Gasteiger partial charge >= 0.3 is 0 Å². The molecule has 0 radical (unpaired) electrons. The van der Waals surface area contributed by atoms with Gasteiger partial charge in [-0.25, -0.2) is 4.39 Å². The quantitative estimate of drug-likeness (QED) is 0.449. The van der Waals surface area contributed by atoms with Crippen molar-refractivity contribution in [3.63, 3.8) is 0 Å². The van der Waals surface area contributed by atoms with Gasteiger partial charge in [0.05, 0.1) is 17.8 Å². The summed E-state index contributed by atoms with van der Waals surface area (Å²) in [6, 6.07) is 16.6. The van der Waals surface area contributed by atoms with Crippen molar-refractivity contribution >= 4 is 16.7 Å². The van der Waals surface area contributed by atoms with E-state index in [1.807, 2.05) is 44.2 Å². The van der Waals surface area contributed by atoms with Crippen LogP contribution >= 0.6 is 0 Å². The Hall–Kier alpha value is -3.60.